The van der Waals surface area contributed by atoms with Gasteiger partial charge in [0, 0.05) is 49.5 Å². The summed E-state index contributed by atoms with van der Waals surface area (Å²) >= 11 is 0. The molecule has 0 bridgehead atoms. The summed E-state index contributed by atoms with van der Waals surface area (Å²) in [4.78, 5) is 5.65. The third-order valence-electron chi connectivity index (χ3n) is 12.3. The minimum atomic E-state index is -0.583. The van der Waals surface area contributed by atoms with Gasteiger partial charge in [-0.05, 0) is 64.7 Å². The second kappa shape index (κ2) is 10.9. The van der Waals surface area contributed by atoms with Crippen molar-refractivity contribution in [3.63, 3.8) is 0 Å². The molecule has 0 saturated heterocycles. The second-order valence-corrected chi connectivity index (χ2v) is 15.0. The van der Waals surface area contributed by atoms with Crippen LogP contribution in [0.15, 0.2) is 185 Å². The highest BCUT2D eigenvalue weighted by atomic mass is 16.5. The summed E-state index contributed by atoms with van der Waals surface area (Å²) in [5, 5.41) is 8.37. The Bertz CT molecular complexity index is 3300. The highest BCUT2D eigenvalue weighted by Crippen LogP contribution is 2.62. The Morgan fingerprint density at radius 2 is 1.16 bits per heavy atom. The number of aliphatic imine (C=N–C) groups is 1. The monoisotopic (exact) mass is 717 g/mol. The van der Waals surface area contributed by atoms with Gasteiger partial charge in [-0.15, -0.1) is 0 Å². The summed E-state index contributed by atoms with van der Waals surface area (Å²) in [6.07, 6.45) is 0. The SMILES string of the molecule is c1ccc2c(c1)NC(n1c3ccccc3c3cc4c(cc31)C1(c3ccccc3Oc3ccccc31)c1ccccc1-4)=NC2c1cccc2c1oc1ccccc12. The Labute approximate surface area is 321 Å². The maximum Gasteiger partial charge on any atom is 0.208 e. The van der Waals surface area contributed by atoms with Gasteiger partial charge in [0.25, 0.3) is 0 Å². The zero-order valence-electron chi connectivity index (χ0n) is 30.0. The number of nitrogens with zero attached hydrogens (tertiary/aromatic N) is 2. The molecule has 13 rings (SSSR count). The maximum atomic E-state index is 6.64. The van der Waals surface area contributed by atoms with Crippen LogP contribution >= 0.6 is 0 Å². The molecule has 1 aliphatic carbocycles. The first-order valence-electron chi connectivity index (χ1n) is 19.2. The van der Waals surface area contributed by atoms with E-state index in [4.69, 9.17) is 14.1 Å². The quantitative estimate of drug-likeness (QED) is 0.184. The van der Waals surface area contributed by atoms with Crippen LogP contribution in [0.1, 0.15) is 39.4 Å². The standard InChI is InChI=1S/C51H31N3O2/c1-5-20-38-30(14-1)36-28-37-31-15-3-9-24-43(31)54(44(37)29-41(36)51(38)39-21-6-11-26-46(39)55-47-27-12-7-22-40(47)51)50-52-42-23-8-2-17-34(42)48(53-50)35-19-13-18-33-32-16-4-10-25-45(32)56-49(33)35/h1-29,48H,(H,52,53). The average Bonchev–Trinajstić information content (AvgIpc) is 3.89. The molecule has 10 aromatic rings. The van der Waals surface area contributed by atoms with E-state index in [1.807, 2.05) is 12.1 Å². The first kappa shape index (κ1) is 30.0. The number of anilines is 1. The molecule has 1 spiro atoms. The summed E-state index contributed by atoms with van der Waals surface area (Å²) in [7, 11) is 0. The lowest BCUT2D eigenvalue weighted by molar-refractivity contribution is 0.436. The Morgan fingerprint density at radius 3 is 2.02 bits per heavy atom. The number of aromatic nitrogens is 1. The van der Waals surface area contributed by atoms with Crippen molar-refractivity contribution in [3.05, 3.63) is 209 Å². The van der Waals surface area contributed by atoms with E-state index < -0.39 is 5.41 Å². The number of hydrogen-bond donors (Lipinski definition) is 1. The van der Waals surface area contributed by atoms with Crippen molar-refractivity contribution in [1.29, 1.82) is 0 Å². The number of fused-ring (bicyclic) bond motifs is 16. The first-order chi connectivity index (χ1) is 27.8. The Hall–Kier alpha value is -7.37. The van der Waals surface area contributed by atoms with E-state index >= 15 is 0 Å². The zero-order valence-corrected chi connectivity index (χ0v) is 30.0. The Morgan fingerprint density at radius 1 is 0.500 bits per heavy atom. The molecule has 0 saturated carbocycles. The van der Waals surface area contributed by atoms with Gasteiger partial charge in [-0.3, -0.25) is 4.57 Å². The lowest BCUT2D eigenvalue weighted by Gasteiger charge is -2.39. The van der Waals surface area contributed by atoms with Gasteiger partial charge in [-0.25, -0.2) is 4.99 Å². The number of para-hydroxylation sites is 6. The van der Waals surface area contributed by atoms with Crippen molar-refractivity contribution in [2.75, 3.05) is 5.32 Å². The summed E-state index contributed by atoms with van der Waals surface area (Å²) < 4.78 is 15.6. The second-order valence-electron chi connectivity index (χ2n) is 15.0. The van der Waals surface area contributed by atoms with E-state index in [1.54, 1.807) is 0 Å². The van der Waals surface area contributed by atoms with Crippen molar-refractivity contribution >= 4 is 55.4 Å². The van der Waals surface area contributed by atoms with Crippen molar-refractivity contribution in [3.8, 4) is 22.6 Å². The molecule has 0 fully saturated rings. The van der Waals surface area contributed by atoms with Crippen LogP contribution in [-0.2, 0) is 5.41 Å². The van der Waals surface area contributed by atoms with Crippen LogP contribution in [0, 0.1) is 0 Å². The van der Waals surface area contributed by atoms with E-state index in [1.165, 1.54) is 33.0 Å². The van der Waals surface area contributed by atoms with Gasteiger partial charge in [0.05, 0.1) is 16.4 Å². The smallest absolute Gasteiger partial charge is 0.208 e. The van der Waals surface area contributed by atoms with Crippen molar-refractivity contribution in [2.24, 2.45) is 4.99 Å². The maximum absolute atomic E-state index is 6.64. The minimum Gasteiger partial charge on any atom is -0.457 e. The number of hydrogen-bond acceptors (Lipinski definition) is 4. The number of furan rings is 1. The molecule has 1 N–H and O–H groups in total. The van der Waals surface area contributed by atoms with Crippen LogP contribution in [0.2, 0.25) is 0 Å². The number of benzene rings is 8. The summed E-state index contributed by atoms with van der Waals surface area (Å²) in [5.41, 5.74) is 13.8. The summed E-state index contributed by atoms with van der Waals surface area (Å²) in [6.45, 7) is 0. The van der Waals surface area contributed by atoms with Gasteiger partial charge >= 0.3 is 0 Å². The number of rotatable bonds is 1. The van der Waals surface area contributed by atoms with Crippen LogP contribution in [0.5, 0.6) is 11.5 Å². The molecule has 8 aromatic carbocycles. The van der Waals surface area contributed by atoms with Gasteiger partial charge < -0.3 is 14.5 Å². The van der Waals surface area contributed by atoms with E-state index in [-0.39, 0.29) is 6.04 Å². The van der Waals surface area contributed by atoms with E-state index in [2.05, 4.69) is 174 Å². The topological polar surface area (TPSA) is 51.7 Å². The summed E-state index contributed by atoms with van der Waals surface area (Å²) in [6, 6.07) is 62.5. The molecule has 4 heterocycles. The average molecular weight is 718 g/mol. The molecule has 5 nitrogen and oxygen atoms in total. The largest absolute Gasteiger partial charge is 0.457 e. The lowest BCUT2D eigenvalue weighted by Crippen LogP contribution is -2.32. The summed E-state index contributed by atoms with van der Waals surface area (Å²) in [5.74, 6) is 2.53. The first-order valence-corrected chi connectivity index (χ1v) is 19.2. The highest BCUT2D eigenvalue weighted by molar-refractivity contribution is 6.18. The molecule has 262 valence electrons. The number of nitrogens with one attached hydrogen (secondary N) is 1. The highest BCUT2D eigenvalue weighted by Gasteiger charge is 2.51. The third kappa shape index (κ3) is 3.76. The van der Waals surface area contributed by atoms with E-state index in [9.17, 15) is 0 Å². The van der Waals surface area contributed by atoms with Gasteiger partial charge in [0.1, 0.15) is 28.7 Å². The fourth-order valence-corrected chi connectivity index (χ4v) is 10.1. The van der Waals surface area contributed by atoms with E-state index in [0.717, 1.165) is 78.4 Å². The van der Waals surface area contributed by atoms with Crippen molar-refractivity contribution in [1.82, 2.24) is 4.57 Å². The Balaban J connectivity index is 1.12. The van der Waals surface area contributed by atoms with Crippen LogP contribution in [0.25, 0.3) is 54.9 Å². The fourth-order valence-electron chi connectivity index (χ4n) is 10.1. The van der Waals surface area contributed by atoms with Crippen molar-refractivity contribution in [2.45, 2.75) is 11.5 Å². The fraction of sp³-hybridized carbons (Fsp3) is 0.0392. The van der Waals surface area contributed by atoms with Crippen LogP contribution < -0.4 is 10.1 Å². The molecular weight excluding hydrogens is 687 g/mol. The molecule has 1 unspecified atom stereocenters. The number of ether oxygens (including phenoxy) is 1. The molecule has 1 atom stereocenters. The molecule has 2 aliphatic heterocycles. The predicted molar refractivity (Wildman–Crippen MR) is 225 cm³/mol. The van der Waals surface area contributed by atoms with Gasteiger partial charge in [-0.2, -0.15) is 0 Å². The lowest BCUT2D eigenvalue weighted by atomic mass is 9.66. The molecule has 0 radical (unpaired) electrons. The van der Waals surface area contributed by atoms with Gasteiger partial charge in [0.15, 0.2) is 0 Å². The van der Waals surface area contributed by atoms with Crippen LogP contribution in [-0.4, -0.2) is 10.5 Å². The predicted octanol–water partition coefficient (Wildman–Crippen LogP) is 12.6. The van der Waals surface area contributed by atoms with Gasteiger partial charge in [0.2, 0.25) is 5.96 Å². The molecule has 56 heavy (non-hydrogen) atoms. The zero-order chi connectivity index (χ0) is 36.5. The molecule has 0 amide bonds. The van der Waals surface area contributed by atoms with Crippen molar-refractivity contribution < 1.29 is 9.15 Å². The van der Waals surface area contributed by atoms with Gasteiger partial charge in [-0.1, -0.05) is 133 Å². The molecular formula is C51H31N3O2. The third-order valence-corrected chi connectivity index (χ3v) is 12.3. The molecule has 5 heteroatoms. The van der Waals surface area contributed by atoms with Crippen LogP contribution in [0.3, 0.4) is 0 Å². The molecule has 2 aromatic heterocycles. The minimum absolute atomic E-state index is 0.304. The molecule has 3 aliphatic rings. The normalized spacial score (nSPS) is 15.9. The Kier molecular flexibility index (Phi) is 5.82. The van der Waals surface area contributed by atoms with E-state index in [0.29, 0.717) is 0 Å². The van der Waals surface area contributed by atoms with Crippen LogP contribution in [0.4, 0.5) is 5.69 Å².